The van der Waals surface area contributed by atoms with E-state index in [2.05, 4.69) is 25.9 Å². The molecule has 4 rings (SSSR count). The highest BCUT2D eigenvalue weighted by Gasteiger charge is 2.42. The van der Waals surface area contributed by atoms with Gasteiger partial charge < -0.3 is 31.9 Å². The first kappa shape index (κ1) is 18.2. The van der Waals surface area contributed by atoms with Crippen LogP contribution < -0.4 is 21.7 Å². The zero-order valence-corrected chi connectivity index (χ0v) is 15.0. The van der Waals surface area contributed by atoms with Gasteiger partial charge in [-0.25, -0.2) is 14.4 Å². The van der Waals surface area contributed by atoms with Gasteiger partial charge in [-0.2, -0.15) is 0 Å². The number of nitrogens with zero attached hydrogens (tertiary/aromatic N) is 2. The van der Waals surface area contributed by atoms with E-state index < -0.39 is 23.7 Å². The molecule has 1 aliphatic carbocycles. The molecule has 0 saturated heterocycles. The molecule has 1 fully saturated rings. The summed E-state index contributed by atoms with van der Waals surface area (Å²) in [5, 5.41) is 29.7. The molecule has 0 aromatic carbocycles. The van der Waals surface area contributed by atoms with Gasteiger partial charge in [-0.15, -0.1) is 0 Å². The summed E-state index contributed by atoms with van der Waals surface area (Å²) in [4.78, 5) is 8.33. The molecule has 2 aliphatic heterocycles. The molecule has 4 atom stereocenters. The molecule has 1 unspecified atom stereocenters. The van der Waals surface area contributed by atoms with E-state index in [1.165, 1.54) is 0 Å². The highest BCUT2D eigenvalue weighted by atomic mass is 35.5. The van der Waals surface area contributed by atoms with Gasteiger partial charge in [0.05, 0.1) is 17.3 Å². The molecule has 1 saturated carbocycles. The van der Waals surface area contributed by atoms with E-state index in [4.69, 9.17) is 17.3 Å². The Labute approximate surface area is 160 Å². The summed E-state index contributed by atoms with van der Waals surface area (Å²) in [5.41, 5.74) is 6.31. The van der Waals surface area contributed by atoms with Gasteiger partial charge in [0.1, 0.15) is 17.9 Å². The van der Waals surface area contributed by atoms with Crippen LogP contribution in [0, 0.1) is 5.82 Å². The molecule has 144 valence electrons. The average Bonchev–Trinajstić information content (AvgIpc) is 3.05. The fraction of sp³-hybridized carbons (Fsp3) is 0.412. The van der Waals surface area contributed by atoms with Crippen LogP contribution in [0.2, 0.25) is 0 Å². The number of allylic oxidation sites excluding steroid dienone is 2. The molecule has 27 heavy (non-hydrogen) atoms. The van der Waals surface area contributed by atoms with E-state index in [1.807, 2.05) is 0 Å². The molecule has 10 heteroatoms. The van der Waals surface area contributed by atoms with Crippen LogP contribution in [0.4, 0.5) is 10.2 Å². The minimum Gasteiger partial charge on any atom is -0.390 e. The summed E-state index contributed by atoms with van der Waals surface area (Å²) < 4.78 is 14.3. The van der Waals surface area contributed by atoms with Gasteiger partial charge in [-0.1, -0.05) is 11.6 Å². The highest BCUT2D eigenvalue weighted by molar-refractivity contribution is 6.31. The molecule has 0 spiro atoms. The lowest BCUT2D eigenvalue weighted by Gasteiger charge is -2.41. The number of rotatable bonds is 3. The molecule has 7 N–H and O–H groups in total. The van der Waals surface area contributed by atoms with Gasteiger partial charge in [0.15, 0.2) is 17.5 Å². The average molecular weight is 395 g/mol. The van der Waals surface area contributed by atoms with Crippen molar-refractivity contribution >= 4 is 23.0 Å². The van der Waals surface area contributed by atoms with Crippen LogP contribution in [0.1, 0.15) is 25.1 Å². The predicted molar refractivity (Wildman–Crippen MR) is 98.5 cm³/mol. The van der Waals surface area contributed by atoms with E-state index in [9.17, 15) is 14.6 Å². The summed E-state index contributed by atoms with van der Waals surface area (Å²) in [6.07, 6.45) is 5.24. The first-order chi connectivity index (χ1) is 12.9. The molecule has 0 amide bonds. The van der Waals surface area contributed by atoms with Crippen molar-refractivity contribution in [1.29, 1.82) is 0 Å². The molecule has 0 bridgehead atoms. The minimum atomic E-state index is -1.38. The topological polar surface area (TPSA) is 128 Å². The van der Waals surface area contributed by atoms with Crippen LogP contribution in [0.25, 0.3) is 5.57 Å². The third-order valence-electron chi connectivity index (χ3n) is 5.02. The van der Waals surface area contributed by atoms with Crippen LogP contribution in [-0.2, 0) is 0 Å². The van der Waals surface area contributed by atoms with Crippen LogP contribution in [0.5, 0.6) is 0 Å². The number of anilines is 1. The fourth-order valence-corrected chi connectivity index (χ4v) is 3.72. The van der Waals surface area contributed by atoms with Crippen molar-refractivity contribution in [2.75, 3.05) is 5.32 Å². The second-order valence-corrected chi connectivity index (χ2v) is 7.35. The Balaban J connectivity index is 1.64. The number of aliphatic hydroxyl groups excluding tert-OH is 2. The lowest BCUT2D eigenvalue weighted by atomic mass is 9.84. The lowest BCUT2D eigenvalue weighted by molar-refractivity contribution is -0.0484. The molecule has 3 heterocycles. The third kappa shape index (κ3) is 3.27. The highest BCUT2D eigenvalue weighted by Crippen LogP contribution is 2.33. The summed E-state index contributed by atoms with van der Waals surface area (Å²) in [7, 11) is 0. The summed E-state index contributed by atoms with van der Waals surface area (Å²) in [5.74, 6) is -0.554. The van der Waals surface area contributed by atoms with Crippen LogP contribution >= 0.6 is 11.6 Å². The maximum Gasteiger partial charge on any atom is 0.183 e. The van der Waals surface area contributed by atoms with Crippen LogP contribution in [0.3, 0.4) is 0 Å². The second-order valence-electron chi connectivity index (χ2n) is 6.91. The van der Waals surface area contributed by atoms with E-state index in [0.29, 0.717) is 29.9 Å². The first-order valence-electron chi connectivity index (χ1n) is 8.63. The Morgan fingerprint density at radius 2 is 2.11 bits per heavy atom. The predicted octanol–water partition coefficient (Wildman–Crippen LogP) is 0.468. The van der Waals surface area contributed by atoms with E-state index in [1.54, 1.807) is 18.5 Å². The maximum absolute atomic E-state index is 14.3. The van der Waals surface area contributed by atoms with Crippen molar-refractivity contribution in [2.45, 2.75) is 43.3 Å². The molecular formula is C17H20ClFN6O2. The van der Waals surface area contributed by atoms with Crippen LogP contribution in [0.15, 0.2) is 35.3 Å². The minimum absolute atomic E-state index is 0.133. The van der Waals surface area contributed by atoms with Crippen molar-refractivity contribution in [2.24, 2.45) is 5.73 Å². The number of halogens is 2. The number of hydrogen-bond donors (Lipinski definition) is 6. The van der Waals surface area contributed by atoms with Gasteiger partial charge in [0, 0.05) is 23.5 Å². The zero-order valence-electron chi connectivity index (χ0n) is 14.3. The van der Waals surface area contributed by atoms with Crippen molar-refractivity contribution in [3.8, 4) is 0 Å². The number of aliphatic hydroxyl groups is 2. The van der Waals surface area contributed by atoms with Gasteiger partial charge in [0.2, 0.25) is 0 Å². The number of nitrogens with two attached hydrogens (primary N) is 1. The number of fused-ring (bicyclic) bond motifs is 1. The lowest BCUT2D eigenvalue weighted by Crippen LogP contribution is -2.63. The van der Waals surface area contributed by atoms with E-state index in [0.717, 1.165) is 11.8 Å². The van der Waals surface area contributed by atoms with Gasteiger partial charge >= 0.3 is 0 Å². The van der Waals surface area contributed by atoms with Gasteiger partial charge in [-0.05, 0) is 25.3 Å². The maximum atomic E-state index is 14.3. The zero-order chi connectivity index (χ0) is 19.2. The number of nitrogens with one attached hydrogen (secondary N) is 3. The smallest absolute Gasteiger partial charge is 0.183 e. The number of dihydropyridines is 1. The quantitative estimate of drug-likeness (QED) is 0.408. The Bertz CT molecular complexity index is 860. The second kappa shape index (κ2) is 6.75. The largest absolute Gasteiger partial charge is 0.390 e. The van der Waals surface area contributed by atoms with Crippen molar-refractivity contribution < 1.29 is 14.6 Å². The standard InChI is InChI=1S/C17H20ClFN6O2/c18-8-4-9-10(6-22-14(9)21-5-8)15-23-7-11(19)16(24-15)25-17(20)3-1-2-12(26)13(17)27/h4-7,12-14,21-22,26-27H,1-3,20H2,(H,23,24,25)/t12-,13+,14?,17+/m0/s1. The molecule has 1 aromatic heterocycles. The normalized spacial score (nSPS) is 32.5. The van der Waals surface area contributed by atoms with E-state index in [-0.39, 0.29) is 17.8 Å². The molecule has 8 nitrogen and oxygen atoms in total. The Morgan fingerprint density at radius 3 is 2.93 bits per heavy atom. The molecule has 3 aliphatic rings. The number of hydrogen-bond acceptors (Lipinski definition) is 8. The molecular weight excluding hydrogens is 375 g/mol. The fourth-order valence-electron chi connectivity index (χ4n) is 3.54. The third-order valence-corrected chi connectivity index (χ3v) is 5.23. The van der Waals surface area contributed by atoms with Crippen molar-refractivity contribution in [3.63, 3.8) is 0 Å². The summed E-state index contributed by atoms with van der Waals surface area (Å²) in [6.45, 7) is 0. The summed E-state index contributed by atoms with van der Waals surface area (Å²) >= 11 is 6.06. The summed E-state index contributed by atoms with van der Waals surface area (Å²) in [6, 6.07) is 0. The van der Waals surface area contributed by atoms with Crippen LogP contribution in [-0.4, -0.2) is 44.2 Å². The van der Waals surface area contributed by atoms with Crippen molar-refractivity contribution in [1.82, 2.24) is 20.6 Å². The number of aromatic nitrogens is 2. The SMILES string of the molecule is N[C@@]1(Nc2nc(C3=CNC4NC=C(Cl)C=C34)ncc2F)CCC[C@H](O)[C@H]1O. The van der Waals surface area contributed by atoms with Gasteiger partial charge in [0.25, 0.3) is 0 Å². The Kier molecular flexibility index (Phi) is 4.55. The van der Waals surface area contributed by atoms with Crippen molar-refractivity contribution in [3.05, 3.63) is 46.9 Å². The van der Waals surface area contributed by atoms with E-state index >= 15 is 0 Å². The van der Waals surface area contributed by atoms with Gasteiger partial charge in [-0.3, -0.25) is 0 Å². The monoisotopic (exact) mass is 394 g/mol. The molecule has 1 aromatic rings. The molecule has 0 radical (unpaired) electrons. The first-order valence-corrected chi connectivity index (χ1v) is 9.01. The Hall–Kier alpha value is -2.20. The Morgan fingerprint density at radius 1 is 1.33 bits per heavy atom.